The molecule has 1 aliphatic heterocycles. The fourth-order valence-electron chi connectivity index (χ4n) is 2.24. The summed E-state index contributed by atoms with van der Waals surface area (Å²) in [6, 6.07) is 4.14. The Labute approximate surface area is 123 Å². The Hall–Kier alpha value is -0.520. The number of rotatable bonds is 4. The standard InChI is InChI=1S/C14H21NO2S2/c1-14(17)5-3-7-15(8-6-14)13(16)11-18-10-12-4-2-9-19-12/h2,4,9,17H,3,5-8,10-11H2,1H3. The second kappa shape index (κ2) is 6.77. The molecule has 0 aromatic carbocycles. The number of carbonyl (C=O) groups excluding carboxylic acids is 1. The molecule has 1 amide bonds. The minimum Gasteiger partial charge on any atom is -0.390 e. The number of thiophene rings is 1. The maximum absolute atomic E-state index is 12.1. The fourth-order valence-corrected chi connectivity index (χ4v) is 4.01. The Morgan fingerprint density at radius 1 is 1.53 bits per heavy atom. The van der Waals surface area contributed by atoms with E-state index in [1.165, 1.54) is 4.88 Å². The van der Waals surface area contributed by atoms with Crippen LogP contribution >= 0.6 is 23.1 Å². The zero-order chi connectivity index (χ0) is 13.7. The summed E-state index contributed by atoms with van der Waals surface area (Å²) in [5.74, 6) is 1.66. The Morgan fingerprint density at radius 3 is 3.11 bits per heavy atom. The molecule has 0 saturated carbocycles. The monoisotopic (exact) mass is 299 g/mol. The molecular weight excluding hydrogens is 278 g/mol. The van der Waals surface area contributed by atoms with Crippen LogP contribution in [0.3, 0.4) is 0 Å². The van der Waals surface area contributed by atoms with Gasteiger partial charge < -0.3 is 10.0 Å². The van der Waals surface area contributed by atoms with Crippen LogP contribution in [0.1, 0.15) is 31.1 Å². The van der Waals surface area contributed by atoms with Gasteiger partial charge in [0.2, 0.25) is 5.91 Å². The zero-order valence-corrected chi connectivity index (χ0v) is 12.9. The predicted octanol–water partition coefficient (Wildman–Crippen LogP) is 2.74. The summed E-state index contributed by atoms with van der Waals surface area (Å²) >= 11 is 3.41. The van der Waals surface area contributed by atoms with Gasteiger partial charge in [-0.2, -0.15) is 0 Å². The predicted molar refractivity (Wildman–Crippen MR) is 81.5 cm³/mol. The van der Waals surface area contributed by atoms with Crippen LogP contribution in [-0.4, -0.2) is 40.4 Å². The summed E-state index contributed by atoms with van der Waals surface area (Å²) in [5.41, 5.74) is -0.598. The highest BCUT2D eigenvalue weighted by atomic mass is 32.2. The molecule has 1 atom stereocenters. The Bertz CT molecular complexity index is 404. The van der Waals surface area contributed by atoms with Crippen LogP contribution in [-0.2, 0) is 10.5 Å². The maximum atomic E-state index is 12.1. The molecule has 1 aromatic heterocycles. The minimum absolute atomic E-state index is 0.208. The first kappa shape index (κ1) is 14.9. The quantitative estimate of drug-likeness (QED) is 0.929. The van der Waals surface area contributed by atoms with E-state index in [1.54, 1.807) is 23.1 Å². The molecule has 0 spiro atoms. The van der Waals surface area contributed by atoms with Crippen molar-refractivity contribution in [3.63, 3.8) is 0 Å². The van der Waals surface area contributed by atoms with Crippen molar-refractivity contribution in [2.24, 2.45) is 0 Å². The van der Waals surface area contributed by atoms with E-state index < -0.39 is 5.60 Å². The molecule has 1 fully saturated rings. The molecule has 3 nitrogen and oxygen atoms in total. The fraction of sp³-hybridized carbons (Fsp3) is 0.643. The molecule has 1 aromatic rings. The van der Waals surface area contributed by atoms with Crippen LogP contribution < -0.4 is 0 Å². The number of aliphatic hydroxyl groups is 1. The number of hydrogen-bond acceptors (Lipinski definition) is 4. The van der Waals surface area contributed by atoms with Gasteiger partial charge in [-0.15, -0.1) is 23.1 Å². The summed E-state index contributed by atoms with van der Waals surface area (Å²) in [6.07, 6.45) is 2.38. The van der Waals surface area contributed by atoms with Crippen molar-refractivity contribution in [2.75, 3.05) is 18.8 Å². The molecule has 1 aliphatic rings. The third-order valence-electron chi connectivity index (χ3n) is 3.47. The molecule has 19 heavy (non-hydrogen) atoms. The second-order valence-electron chi connectivity index (χ2n) is 5.30. The van der Waals surface area contributed by atoms with E-state index in [0.717, 1.165) is 25.1 Å². The van der Waals surface area contributed by atoms with Crippen molar-refractivity contribution in [3.8, 4) is 0 Å². The SMILES string of the molecule is CC1(O)CCCN(C(=O)CSCc2cccs2)CC1. The normalized spacial score (nSPS) is 24.2. The summed E-state index contributed by atoms with van der Waals surface area (Å²) in [5, 5.41) is 12.1. The van der Waals surface area contributed by atoms with Crippen molar-refractivity contribution < 1.29 is 9.90 Å². The smallest absolute Gasteiger partial charge is 0.232 e. The highest BCUT2D eigenvalue weighted by molar-refractivity contribution is 7.99. The molecule has 5 heteroatoms. The Balaban J connectivity index is 1.73. The molecule has 0 bridgehead atoms. The van der Waals surface area contributed by atoms with E-state index in [1.807, 2.05) is 17.9 Å². The minimum atomic E-state index is -0.598. The molecule has 2 rings (SSSR count). The van der Waals surface area contributed by atoms with Gasteiger partial charge in [0.25, 0.3) is 0 Å². The third-order valence-corrected chi connectivity index (χ3v) is 5.49. The highest BCUT2D eigenvalue weighted by Gasteiger charge is 2.26. The molecule has 0 aliphatic carbocycles. The van der Waals surface area contributed by atoms with E-state index in [-0.39, 0.29) is 5.91 Å². The lowest BCUT2D eigenvalue weighted by Crippen LogP contribution is -2.34. The van der Waals surface area contributed by atoms with E-state index in [0.29, 0.717) is 18.7 Å². The summed E-state index contributed by atoms with van der Waals surface area (Å²) in [6.45, 7) is 3.34. The van der Waals surface area contributed by atoms with Crippen LogP contribution in [0.2, 0.25) is 0 Å². The van der Waals surface area contributed by atoms with Crippen LogP contribution in [0.15, 0.2) is 17.5 Å². The van der Waals surface area contributed by atoms with E-state index >= 15 is 0 Å². The molecule has 106 valence electrons. The van der Waals surface area contributed by atoms with Crippen molar-refractivity contribution in [1.29, 1.82) is 0 Å². The van der Waals surface area contributed by atoms with E-state index in [4.69, 9.17) is 0 Å². The third kappa shape index (κ3) is 4.82. The van der Waals surface area contributed by atoms with Gasteiger partial charge >= 0.3 is 0 Å². The first-order valence-corrected chi connectivity index (χ1v) is 8.70. The van der Waals surface area contributed by atoms with Gasteiger partial charge in [-0.1, -0.05) is 6.07 Å². The van der Waals surface area contributed by atoms with Gasteiger partial charge in [-0.3, -0.25) is 4.79 Å². The molecular formula is C14H21NO2S2. The van der Waals surface area contributed by atoms with E-state index in [9.17, 15) is 9.90 Å². The molecule has 1 N–H and O–H groups in total. The highest BCUT2D eigenvalue weighted by Crippen LogP contribution is 2.22. The lowest BCUT2D eigenvalue weighted by molar-refractivity contribution is -0.128. The largest absolute Gasteiger partial charge is 0.390 e. The average molecular weight is 299 g/mol. The zero-order valence-electron chi connectivity index (χ0n) is 11.3. The first-order chi connectivity index (χ1) is 9.07. The molecule has 0 radical (unpaired) electrons. The molecule has 1 unspecified atom stereocenters. The molecule has 2 heterocycles. The van der Waals surface area contributed by atoms with Gasteiger partial charge in [0.1, 0.15) is 0 Å². The summed E-state index contributed by atoms with van der Waals surface area (Å²) in [7, 11) is 0. The molecule has 1 saturated heterocycles. The lowest BCUT2D eigenvalue weighted by atomic mass is 9.98. The number of thioether (sulfide) groups is 1. The number of amides is 1. The van der Waals surface area contributed by atoms with Crippen molar-refractivity contribution in [3.05, 3.63) is 22.4 Å². The number of likely N-dealkylation sites (tertiary alicyclic amines) is 1. The second-order valence-corrected chi connectivity index (χ2v) is 7.32. The van der Waals surface area contributed by atoms with Crippen molar-refractivity contribution >= 4 is 29.0 Å². The van der Waals surface area contributed by atoms with Crippen LogP contribution in [0.5, 0.6) is 0 Å². The average Bonchev–Trinajstić information content (AvgIpc) is 2.79. The summed E-state index contributed by atoms with van der Waals surface area (Å²) < 4.78 is 0. The number of nitrogens with zero attached hydrogens (tertiary/aromatic N) is 1. The maximum Gasteiger partial charge on any atom is 0.232 e. The lowest BCUT2D eigenvalue weighted by Gasteiger charge is -2.22. The first-order valence-electron chi connectivity index (χ1n) is 6.67. The topological polar surface area (TPSA) is 40.5 Å². The Morgan fingerprint density at radius 2 is 2.37 bits per heavy atom. The van der Waals surface area contributed by atoms with Crippen molar-refractivity contribution in [1.82, 2.24) is 4.90 Å². The van der Waals surface area contributed by atoms with Gasteiger partial charge in [-0.05, 0) is 37.6 Å². The van der Waals surface area contributed by atoms with Crippen LogP contribution in [0, 0.1) is 0 Å². The number of hydrogen-bond donors (Lipinski definition) is 1. The van der Waals surface area contributed by atoms with Crippen LogP contribution in [0.4, 0.5) is 0 Å². The van der Waals surface area contributed by atoms with Crippen LogP contribution in [0.25, 0.3) is 0 Å². The Kier molecular flexibility index (Phi) is 5.30. The van der Waals surface area contributed by atoms with Gasteiger partial charge in [0, 0.05) is 23.7 Å². The summed E-state index contributed by atoms with van der Waals surface area (Å²) in [4.78, 5) is 15.3. The van der Waals surface area contributed by atoms with Crippen molar-refractivity contribution in [2.45, 2.75) is 37.5 Å². The van der Waals surface area contributed by atoms with Gasteiger partial charge in [0.05, 0.1) is 11.4 Å². The van der Waals surface area contributed by atoms with E-state index in [2.05, 4.69) is 11.4 Å². The number of carbonyl (C=O) groups is 1. The van der Waals surface area contributed by atoms with Gasteiger partial charge in [-0.25, -0.2) is 0 Å². The van der Waals surface area contributed by atoms with Gasteiger partial charge in [0.15, 0.2) is 0 Å².